The van der Waals surface area contributed by atoms with Crippen LogP contribution in [-0.4, -0.2) is 6.61 Å². The lowest BCUT2D eigenvalue weighted by atomic mass is 10.1. The molecule has 0 saturated heterocycles. The van der Waals surface area contributed by atoms with Gasteiger partial charge in [0.1, 0.15) is 5.75 Å². The molecule has 13 heavy (non-hydrogen) atoms. The van der Waals surface area contributed by atoms with E-state index in [1.54, 1.807) is 0 Å². The van der Waals surface area contributed by atoms with Crippen molar-refractivity contribution in [2.75, 3.05) is 6.61 Å². The van der Waals surface area contributed by atoms with Crippen LogP contribution in [0.5, 0.6) is 5.75 Å². The first kappa shape index (κ1) is 12.3. The Morgan fingerprint density at radius 1 is 1.31 bits per heavy atom. The van der Waals surface area contributed by atoms with Crippen LogP contribution in [0.3, 0.4) is 0 Å². The second-order valence-electron chi connectivity index (χ2n) is 2.79. The van der Waals surface area contributed by atoms with E-state index in [1.807, 2.05) is 38.1 Å². The molecule has 74 valence electrons. The number of nitrogens with two attached hydrogens (primary N) is 1. The minimum Gasteiger partial charge on any atom is -0.494 e. The fourth-order valence-corrected chi connectivity index (χ4v) is 1.03. The zero-order chi connectivity index (χ0) is 8.97. The van der Waals surface area contributed by atoms with Crippen molar-refractivity contribution in [2.24, 2.45) is 5.73 Å². The largest absolute Gasteiger partial charge is 0.494 e. The highest BCUT2D eigenvalue weighted by Crippen LogP contribution is 2.15. The van der Waals surface area contributed by atoms with Gasteiger partial charge in [0.05, 0.1) is 6.61 Å². The SMILES string of the molecule is CCOc1ccc([C@H](C)N)cc1.Cl. The summed E-state index contributed by atoms with van der Waals surface area (Å²) >= 11 is 0. The fraction of sp³-hybridized carbons (Fsp3) is 0.400. The summed E-state index contributed by atoms with van der Waals surface area (Å²) in [6.45, 7) is 4.65. The van der Waals surface area contributed by atoms with Crippen LogP contribution < -0.4 is 10.5 Å². The first-order chi connectivity index (χ1) is 5.74. The van der Waals surface area contributed by atoms with E-state index in [0.717, 1.165) is 11.3 Å². The molecular formula is C10H16ClNO. The van der Waals surface area contributed by atoms with Crippen LogP contribution in [0.1, 0.15) is 25.5 Å². The summed E-state index contributed by atoms with van der Waals surface area (Å²) in [6, 6.07) is 7.98. The predicted octanol–water partition coefficient (Wildman–Crippen LogP) is 2.53. The topological polar surface area (TPSA) is 35.2 Å². The average Bonchev–Trinajstić information content (AvgIpc) is 2.06. The molecule has 2 nitrogen and oxygen atoms in total. The number of ether oxygens (including phenoxy) is 1. The Labute approximate surface area is 85.5 Å². The molecule has 1 rings (SSSR count). The summed E-state index contributed by atoms with van der Waals surface area (Å²) in [7, 11) is 0. The van der Waals surface area contributed by atoms with Gasteiger partial charge in [-0.2, -0.15) is 0 Å². The number of halogens is 1. The van der Waals surface area contributed by atoms with E-state index in [1.165, 1.54) is 0 Å². The third-order valence-corrected chi connectivity index (χ3v) is 1.72. The molecule has 1 atom stereocenters. The molecule has 2 N–H and O–H groups in total. The summed E-state index contributed by atoms with van der Waals surface area (Å²) in [5, 5.41) is 0. The van der Waals surface area contributed by atoms with Crippen molar-refractivity contribution in [2.45, 2.75) is 19.9 Å². The van der Waals surface area contributed by atoms with E-state index in [4.69, 9.17) is 10.5 Å². The van der Waals surface area contributed by atoms with Crippen molar-refractivity contribution < 1.29 is 4.74 Å². The van der Waals surface area contributed by atoms with Gasteiger partial charge in [-0.05, 0) is 31.5 Å². The molecule has 0 aliphatic rings. The molecule has 0 spiro atoms. The van der Waals surface area contributed by atoms with Crippen molar-refractivity contribution in [1.82, 2.24) is 0 Å². The summed E-state index contributed by atoms with van der Waals surface area (Å²) in [6.07, 6.45) is 0. The molecule has 0 radical (unpaired) electrons. The Bertz CT molecular complexity index is 233. The van der Waals surface area contributed by atoms with Gasteiger partial charge in [0.2, 0.25) is 0 Å². The van der Waals surface area contributed by atoms with Crippen LogP contribution in [0.15, 0.2) is 24.3 Å². The fourth-order valence-electron chi connectivity index (χ4n) is 1.03. The Balaban J connectivity index is 0.00000144. The summed E-state index contributed by atoms with van der Waals surface area (Å²) < 4.78 is 5.30. The Morgan fingerprint density at radius 3 is 2.23 bits per heavy atom. The normalized spacial score (nSPS) is 11.6. The number of rotatable bonds is 3. The summed E-state index contributed by atoms with van der Waals surface area (Å²) in [5.41, 5.74) is 6.83. The monoisotopic (exact) mass is 201 g/mol. The van der Waals surface area contributed by atoms with Gasteiger partial charge in [-0.3, -0.25) is 0 Å². The lowest BCUT2D eigenvalue weighted by Gasteiger charge is -2.06. The lowest BCUT2D eigenvalue weighted by molar-refractivity contribution is 0.340. The average molecular weight is 202 g/mol. The van der Waals surface area contributed by atoms with Gasteiger partial charge in [-0.15, -0.1) is 12.4 Å². The molecule has 1 aromatic carbocycles. The molecule has 0 aliphatic carbocycles. The molecule has 0 aromatic heterocycles. The highest BCUT2D eigenvalue weighted by molar-refractivity contribution is 5.85. The van der Waals surface area contributed by atoms with Crippen LogP contribution in [0.4, 0.5) is 0 Å². The Morgan fingerprint density at radius 2 is 1.85 bits per heavy atom. The highest BCUT2D eigenvalue weighted by Gasteiger charge is 1.98. The zero-order valence-corrected chi connectivity index (χ0v) is 8.80. The molecular weight excluding hydrogens is 186 g/mol. The van der Waals surface area contributed by atoms with Gasteiger partial charge in [-0.1, -0.05) is 12.1 Å². The Hall–Kier alpha value is -0.730. The first-order valence-corrected chi connectivity index (χ1v) is 4.22. The van der Waals surface area contributed by atoms with Crippen molar-refractivity contribution in [1.29, 1.82) is 0 Å². The summed E-state index contributed by atoms with van der Waals surface area (Å²) in [4.78, 5) is 0. The van der Waals surface area contributed by atoms with Crippen LogP contribution in [0.2, 0.25) is 0 Å². The van der Waals surface area contributed by atoms with E-state index >= 15 is 0 Å². The van der Waals surface area contributed by atoms with E-state index in [9.17, 15) is 0 Å². The van der Waals surface area contributed by atoms with E-state index in [2.05, 4.69) is 0 Å². The molecule has 3 heteroatoms. The van der Waals surface area contributed by atoms with Gasteiger partial charge in [0.15, 0.2) is 0 Å². The van der Waals surface area contributed by atoms with E-state index < -0.39 is 0 Å². The van der Waals surface area contributed by atoms with Gasteiger partial charge in [0.25, 0.3) is 0 Å². The molecule has 0 fully saturated rings. The van der Waals surface area contributed by atoms with Gasteiger partial charge >= 0.3 is 0 Å². The van der Waals surface area contributed by atoms with Crippen LogP contribution >= 0.6 is 12.4 Å². The van der Waals surface area contributed by atoms with Crippen molar-refractivity contribution in [3.05, 3.63) is 29.8 Å². The number of hydrogen-bond donors (Lipinski definition) is 1. The van der Waals surface area contributed by atoms with Crippen molar-refractivity contribution in [3.8, 4) is 5.75 Å². The maximum atomic E-state index is 5.70. The molecule has 0 saturated carbocycles. The van der Waals surface area contributed by atoms with Crippen LogP contribution in [-0.2, 0) is 0 Å². The maximum absolute atomic E-state index is 5.70. The van der Waals surface area contributed by atoms with Crippen LogP contribution in [0.25, 0.3) is 0 Å². The minimum atomic E-state index is 0. The Kier molecular flexibility index (Phi) is 5.51. The molecule has 0 heterocycles. The smallest absolute Gasteiger partial charge is 0.119 e. The second-order valence-corrected chi connectivity index (χ2v) is 2.79. The third kappa shape index (κ3) is 3.66. The van der Waals surface area contributed by atoms with Gasteiger partial charge in [0, 0.05) is 6.04 Å². The van der Waals surface area contributed by atoms with E-state index in [-0.39, 0.29) is 18.4 Å². The quantitative estimate of drug-likeness (QED) is 0.816. The molecule has 0 amide bonds. The first-order valence-electron chi connectivity index (χ1n) is 4.22. The van der Waals surface area contributed by atoms with E-state index in [0.29, 0.717) is 6.61 Å². The third-order valence-electron chi connectivity index (χ3n) is 1.72. The molecule has 0 aliphatic heterocycles. The lowest BCUT2D eigenvalue weighted by Crippen LogP contribution is -2.04. The molecule has 0 bridgehead atoms. The van der Waals surface area contributed by atoms with Gasteiger partial charge in [-0.25, -0.2) is 0 Å². The van der Waals surface area contributed by atoms with Crippen LogP contribution in [0, 0.1) is 0 Å². The van der Waals surface area contributed by atoms with Gasteiger partial charge < -0.3 is 10.5 Å². The molecule has 0 unspecified atom stereocenters. The molecule has 1 aromatic rings. The second kappa shape index (κ2) is 5.84. The highest BCUT2D eigenvalue weighted by atomic mass is 35.5. The maximum Gasteiger partial charge on any atom is 0.119 e. The van der Waals surface area contributed by atoms with Crippen molar-refractivity contribution >= 4 is 12.4 Å². The number of hydrogen-bond acceptors (Lipinski definition) is 2. The summed E-state index contributed by atoms with van der Waals surface area (Å²) in [5.74, 6) is 0.905. The predicted molar refractivity (Wildman–Crippen MR) is 57.5 cm³/mol. The minimum absolute atomic E-state index is 0. The standard InChI is InChI=1S/C10H15NO.ClH/c1-3-12-10-6-4-9(5-7-10)8(2)11;/h4-8H,3,11H2,1-2H3;1H/t8-;/m0./s1. The van der Waals surface area contributed by atoms with Crippen molar-refractivity contribution in [3.63, 3.8) is 0 Å². The zero-order valence-electron chi connectivity index (χ0n) is 7.99. The number of benzene rings is 1.